The summed E-state index contributed by atoms with van der Waals surface area (Å²) >= 11 is 0. The number of hydrogen-bond acceptors (Lipinski definition) is 7. The second-order valence-electron chi connectivity index (χ2n) is 7.65. The number of carbonyl (C=O) groups excluding carboxylic acids is 3. The summed E-state index contributed by atoms with van der Waals surface area (Å²) < 4.78 is 16.1. The van der Waals surface area contributed by atoms with Crippen LogP contribution in [0.5, 0.6) is 11.5 Å². The standard InChI is InChI=1S/C24H29N3O6/c1-17(28)18-4-9-21(22(14-18)31-3)33-16-24(30)26(2)15-23(29)25-19-5-7-20(8-6-19)27-10-12-32-13-11-27/h4-9,14H,10-13,15-16H2,1-3H3,(H,25,29). The lowest BCUT2D eigenvalue weighted by Gasteiger charge is -2.28. The molecule has 2 aromatic rings. The molecule has 9 nitrogen and oxygen atoms in total. The fourth-order valence-corrected chi connectivity index (χ4v) is 3.34. The third-order valence-electron chi connectivity index (χ3n) is 5.26. The van der Waals surface area contributed by atoms with Gasteiger partial charge in [-0.1, -0.05) is 0 Å². The summed E-state index contributed by atoms with van der Waals surface area (Å²) in [6.45, 7) is 4.16. The molecule has 1 N–H and O–H groups in total. The molecule has 0 saturated carbocycles. The summed E-state index contributed by atoms with van der Waals surface area (Å²) in [7, 11) is 2.99. The minimum absolute atomic E-state index is 0.0996. The number of methoxy groups -OCH3 is 1. The van der Waals surface area contributed by atoms with Crippen molar-refractivity contribution in [1.82, 2.24) is 4.90 Å². The number of anilines is 2. The Bertz CT molecular complexity index is 986. The van der Waals surface area contributed by atoms with Crippen molar-refractivity contribution in [3.05, 3.63) is 48.0 Å². The number of nitrogens with one attached hydrogen (secondary N) is 1. The third-order valence-corrected chi connectivity index (χ3v) is 5.26. The van der Waals surface area contributed by atoms with Gasteiger partial charge in [0.15, 0.2) is 23.9 Å². The second-order valence-corrected chi connectivity index (χ2v) is 7.65. The Balaban J connectivity index is 1.48. The Kier molecular flexibility index (Phi) is 8.26. The van der Waals surface area contributed by atoms with Gasteiger partial charge in [0, 0.05) is 37.1 Å². The van der Waals surface area contributed by atoms with Crippen LogP contribution in [0, 0.1) is 0 Å². The van der Waals surface area contributed by atoms with Crippen LogP contribution in [0.3, 0.4) is 0 Å². The average Bonchev–Trinajstić information content (AvgIpc) is 2.83. The number of nitrogens with zero attached hydrogens (tertiary/aromatic N) is 2. The maximum absolute atomic E-state index is 12.4. The SMILES string of the molecule is COc1cc(C(C)=O)ccc1OCC(=O)N(C)CC(=O)Nc1ccc(N2CCOCC2)cc1. The largest absolute Gasteiger partial charge is 0.493 e. The highest BCUT2D eigenvalue weighted by Gasteiger charge is 2.16. The quantitative estimate of drug-likeness (QED) is 0.579. The van der Waals surface area contributed by atoms with E-state index >= 15 is 0 Å². The van der Waals surface area contributed by atoms with Gasteiger partial charge in [0.1, 0.15) is 0 Å². The molecule has 1 aliphatic heterocycles. The van der Waals surface area contributed by atoms with Crippen molar-refractivity contribution in [3.63, 3.8) is 0 Å². The Hall–Kier alpha value is -3.59. The van der Waals surface area contributed by atoms with E-state index in [1.54, 1.807) is 18.2 Å². The second kappa shape index (κ2) is 11.3. The molecule has 0 atom stereocenters. The van der Waals surface area contributed by atoms with Gasteiger partial charge in [0.25, 0.3) is 5.91 Å². The lowest BCUT2D eigenvalue weighted by molar-refractivity contribution is -0.135. The number of ketones is 1. The summed E-state index contributed by atoms with van der Waals surface area (Å²) in [4.78, 5) is 39.8. The third kappa shape index (κ3) is 6.69. The lowest BCUT2D eigenvalue weighted by atomic mass is 10.1. The molecule has 0 radical (unpaired) electrons. The molecule has 33 heavy (non-hydrogen) atoms. The van der Waals surface area contributed by atoms with Crippen molar-refractivity contribution in [3.8, 4) is 11.5 Å². The average molecular weight is 456 g/mol. The molecule has 1 saturated heterocycles. The van der Waals surface area contributed by atoms with Gasteiger partial charge in [-0.25, -0.2) is 0 Å². The zero-order valence-electron chi connectivity index (χ0n) is 19.1. The zero-order valence-corrected chi connectivity index (χ0v) is 19.1. The van der Waals surface area contributed by atoms with Crippen LogP contribution in [0.4, 0.5) is 11.4 Å². The van der Waals surface area contributed by atoms with Crippen molar-refractivity contribution in [2.75, 3.05) is 63.8 Å². The van der Waals surface area contributed by atoms with Gasteiger partial charge in [0.2, 0.25) is 5.91 Å². The highest BCUT2D eigenvalue weighted by Crippen LogP contribution is 2.28. The van der Waals surface area contributed by atoms with E-state index in [0.717, 1.165) is 18.8 Å². The molecule has 0 aromatic heterocycles. The number of morpholine rings is 1. The number of carbonyl (C=O) groups is 3. The van der Waals surface area contributed by atoms with E-state index in [1.165, 1.54) is 26.0 Å². The van der Waals surface area contributed by atoms with Crippen molar-refractivity contribution in [2.24, 2.45) is 0 Å². The van der Waals surface area contributed by atoms with E-state index in [0.29, 0.717) is 36.0 Å². The minimum atomic E-state index is -0.370. The van der Waals surface area contributed by atoms with Crippen LogP contribution >= 0.6 is 0 Å². The molecule has 176 valence electrons. The Morgan fingerprint density at radius 1 is 1.06 bits per heavy atom. The molecule has 0 bridgehead atoms. The van der Waals surface area contributed by atoms with Gasteiger partial charge < -0.3 is 29.3 Å². The molecule has 2 amide bonds. The topological polar surface area (TPSA) is 97.4 Å². The van der Waals surface area contributed by atoms with E-state index in [2.05, 4.69) is 10.2 Å². The predicted octanol–water partition coefficient (Wildman–Crippen LogP) is 2.21. The van der Waals surface area contributed by atoms with Crippen LogP contribution < -0.4 is 19.7 Å². The molecule has 9 heteroatoms. The smallest absolute Gasteiger partial charge is 0.260 e. The number of rotatable bonds is 9. The first-order chi connectivity index (χ1) is 15.9. The maximum atomic E-state index is 12.4. The van der Waals surface area contributed by atoms with E-state index in [4.69, 9.17) is 14.2 Å². The lowest BCUT2D eigenvalue weighted by Crippen LogP contribution is -2.37. The van der Waals surface area contributed by atoms with Crippen LogP contribution in [0.25, 0.3) is 0 Å². The molecular weight excluding hydrogens is 426 g/mol. The van der Waals surface area contributed by atoms with E-state index in [-0.39, 0.29) is 30.7 Å². The number of benzene rings is 2. The molecule has 1 aliphatic rings. The van der Waals surface area contributed by atoms with Gasteiger partial charge >= 0.3 is 0 Å². The van der Waals surface area contributed by atoms with E-state index in [9.17, 15) is 14.4 Å². The van der Waals surface area contributed by atoms with Gasteiger partial charge in [-0.3, -0.25) is 14.4 Å². The molecule has 3 rings (SSSR count). The summed E-state index contributed by atoms with van der Waals surface area (Å²) in [5, 5.41) is 2.80. The Morgan fingerprint density at radius 3 is 2.39 bits per heavy atom. The highest BCUT2D eigenvalue weighted by atomic mass is 16.5. The van der Waals surface area contributed by atoms with Crippen molar-refractivity contribution >= 4 is 29.0 Å². The molecule has 2 aromatic carbocycles. The number of ether oxygens (including phenoxy) is 3. The van der Waals surface area contributed by atoms with Crippen molar-refractivity contribution < 1.29 is 28.6 Å². The fourth-order valence-electron chi connectivity index (χ4n) is 3.34. The summed E-state index contributed by atoms with van der Waals surface area (Å²) in [5.74, 6) is -0.0817. The van der Waals surface area contributed by atoms with Crippen LogP contribution in [0.2, 0.25) is 0 Å². The molecule has 0 unspecified atom stereocenters. The highest BCUT2D eigenvalue weighted by molar-refractivity contribution is 5.95. The van der Waals surface area contributed by atoms with Gasteiger partial charge in [0.05, 0.1) is 26.9 Å². The summed E-state index contributed by atoms with van der Waals surface area (Å²) in [6.07, 6.45) is 0. The monoisotopic (exact) mass is 455 g/mol. The normalized spacial score (nSPS) is 13.2. The fraction of sp³-hybridized carbons (Fsp3) is 0.375. The summed E-state index contributed by atoms with van der Waals surface area (Å²) in [5.41, 5.74) is 2.22. The van der Waals surface area contributed by atoms with Crippen LogP contribution in [0.1, 0.15) is 17.3 Å². The Morgan fingerprint density at radius 2 is 1.76 bits per heavy atom. The van der Waals surface area contributed by atoms with Gasteiger partial charge in [-0.15, -0.1) is 0 Å². The van der Waals surface area contributed by atoms with Crippen molar-refractivity contribution in [2.45, 2.75) is 6.92 Å². The number of hydrogen-bond donors (Lipinski definition) is 1. The number of amides is 2. The summed E-state index contributed by atoms with van der Waals surface area (Å²) in [6, 6.07) is 12.3. The maximum Gasteiger partial charge on any atom is 0.260 e. The Labute approximate surface area is 193 Å². The molecule has 0 spiro atoms. The van der Waals surface area contributed by atoms with Gasteiger partial charge in [-0.05, 0) is 49.4 Å². The first-order valence-corrected chi connectivity index (χ1v) is 10.7. The zero-order chi connectivity index (χ0) is 23.8. The van der Waals surface area contributed by atoms with Crippen LogP contribution in [-0.2, 0) is 14.3 Å². The van der Waals surface area contributed by atoms with E-state index < -0.39 is 0 Å². The molecule has 1 heterocycles. The molecule has 1 fully saturated rings. The van der Waals surface area contributed by atoms with Crippen molar-refractivity contribution in [1.29, 1.82) is 0 Å². The van der Waals surface area contributed by atoms with Crippen LogP contribution in [0.15, 0.2) is 42.5 Å². The molecule has 0 aliphatic carbocycles. The van der Waals surface area contributed by atoms with Gasteiger partial charge in [-0.2, -0.15) is 0 Å². The number of likely N-dealkylation sites (N-methyl/N-ethyl adjacent to an activating group) is 1. The van der Waals surface area contributed by atoms with Crippen LogP contribution in [-0.4, -0.2) is 76.1 Å². The molecular formula is C24H29N3O6. The minimum Gasteiger partial charge on any atom is -0.493 e. The predicted molar refractivity (Wildman–Crippen MR) is 124 cm³/mol. The first-order valence-electron chi connectivity index (χ1n) is 10.7. The van der Waals surface area contributed by atoms with E-state index in [1.807, 2.05) is 24.3 Å². The first kappa shape index (κ1) is 24.1. The number of Topliss-reactive ketones (excluding diaryl/α,β-unsaturated/α-hetero) is 1.